The van der Waals surface area contributed by atoms with Gasteiger partial charge in [0.2, 0.25) is 5.89 Å². The zero-order valence-corrected chi connectivity index (χ0v) is 15.2. The maximum absolute atomic E-state index is 5.06. The van der Waals surface area contributed by atoms with Crippen LogP contribution in [0.25, 0.3) is 0 Å². The fourth-order valence-electron chi connectivity index (χ4n) is 3.52. The summed E-state index contributed by atoms with van der Waals surface area (Å²) in [5, 5.41) is 12.3. The molecule has 0 radical (unpaired) electrons. The molecule has 3 heterocycles. The molecule has 1 atom stereocenters. The minimum absolute atomic E-state index is 0.496. The molecule has 7 heteroatoms. The lowest BCUT2D eigenvalue weighted by molar-refractivity contribution is 0.177. The standard InChI is InChI=1S/C17H28N6O/c1-5-23-13(3)16(12(2)20-23)9-18-15-7-6-8-22(10-15)11-17-19-14(4)24-21-17/h15,18H,5-11H2,1-4H3. The van der Waals surface area contributed by atoms with E-state index < -0.39 is 0 Å². The van der Waals surface area contributed by atoms with Crippen molar-refractivity contribution in [2.24, 2.45) is 0 Å². The summed E-state index contributed by atoms with van der Waals surface area (Å²) in [5.41, 5.74) is 3.75. The Morgan fingerprint density at radius 3 is 2.79 bits per heavy atom. The minimum Gasteiger partial charge on any atom is -0.340 e. The first-order valence-corrected chi connectivity index (χ1v) is 8.84. The van der Waals surface area contributed by atoms with Gasteiger partial charge in [0.15, 0.2) is 5.82 Å². The number of nitrogens with one attached hydrogen (secondary N) is 1. The molecule has 1 saturated heterocycles. The van der Waals surface area contributed by atoms with Gasteiger partial charge in [-0.25, -0.2) is 0 Å². The molecular weight excluding hydrogens is 304 g/mol. The van der Waals surface area contributed by atoms with E-state index in [1.807, 2.05) is 6.92 Å². The van der Waals surface area contributed by atoms with Crippen molar-refractivity contribution in [2.75, 3.05) is 13.1 Å². The molecule has 1 N–H and O–H groups in total. The molecule has 3 rings (SSSR count). The van der Waals surface area contributed by atoms with Gasteiger partial charge in [-0.2, -0.15) is 10.1 Å². The van der Waals surface area contributed by atoms with Crippen LogP contribution < -0.4 is 5.32 Å². The molecule has 1 fully saturated rings. The highest BCUT2D eigenvalue weighted by atomic mass is 16.5. The molecular formula is C17H28N6O. The number of aryl methyl sites for hydroxylation is 3. The van der Waals surface area contributed by atoms with Gasteiger partial charge in [0.1, 0.15) is 0 Å². The lowest BCUT2D eigenvalue weighted by Crippen LogP contribution is -2.45. The molecule has 0 amide bonds. The van der Waals surface area contributed by atoms with Crippen LogP contribution in [0.5, 0.6) is 0 Å². The Morgan fingerprint density at radius 2 is 2.12 bits per heavy atom. The summed E-state index contributed by atoms with van der Waals surface area (Å²) in [5.74, 6) is 1.42. The molecule has 2 aromatic heterocycles. The molecule has 0 saturated carbocycles. The lowest BCUT2D eigenvalue weighted by Gasteiger charge is -2.32. The van der Waals surface area contributed by atoms with Crippen LogP contribution in [0.15, 0.2) is 4.52 Å². The monoisotopic (exact) mass is 332 g/mol. The Balaban J connectivity index is 1.55. The van der Waals surface area contributed by atoms with E-state index in [4.69, 9.17) is 4.52 Å². The molecule has 1 aliphatic heterocycles. The van der Waals surface area contributed by atoms with Crippen LogP contribution in [0.4, 0.5) is 0 Å². The molecule has 2 aromatic rings. The van der Waals surface area contributed by atoms with Crippen molar-refractivity contribution in [1.29, 1.82) is 0 Å². The third kappa shape index (κ3) is 3.84. The highest BCUT2D eigenvalue weighted by Crippen LogP contribution is 2.16. The summed E-state index contributed by atoms with van der Waals surface area (Å²) in [6, 6.07) is 0.496. The van der Waals surface area contributed by atoms with Gasteiger partial charge in [-0.1, -0.05) is 5.16 Å². The minimum atomic E-state index is 0.496. The van der Waals surface area contributed by atoms with Crippen molar-refractivity contribution in [3.05, 3.63) is 28.7 Å². The third-order valence-electron chi connectivity index (χ3n) is 4.84. The van der Waals surface area contributed by atoms with Crippen LogP contribution in [0.1, 0.15) is 48.4 Å². The maximum Gasteiger partial charge on any atom is 0.223 e. The van der Waals surface area contributed by atoms with Gasteiger partial charge in [-0.3, -0.25) is 9.58 Å². The van der Waals surface area contributed by atoms with Crippen LogP contribution in [0.3, 0.4) is 0 Å². The molecule has 0 aliphatic carbocycles. The van der Waals surface area contributed by atoms with Crippen molar-refractivity contribution in [3.63, 3.8) is 0 Å². The third-order valence-corrected chi connectivity index (χ3v) is 4.84. The van der Waals surface area contributed by atoms with E-state index in [-0.39, 0.29) is 0 Å². The number of nitrogens with zero attached hydrogens (tertiary/aromatic N) is 5. The van der Waals surface area contributed by atoms with Crippen molar-refractivity contribution >= 4 is 0 Å². The Bertz CT molecular complexity index is 677. The Labute approximate surface area is 143 Å². The number of hydrogen-bond donors (Lipinski definition) is 1. The fraction of sp³-hybridized carbons (Fsp3) is 0.706. The number of rotatable bonds is 6. The molecule has 7 nitrogen and oxygen atoms in total. The van der Waals surface area contributed by atoms with E-state index in [1.54, 1.807) is 0 Å². The van der Waals surface area contributed by atoms with E-state index in [0.717, 1.165) is 44.2 Å². The second kappa shape index (κ2) is 7.44. The van der Waals surface area contributed by atoms with Crippen LogP contribution in [-0.4, -0.2) is 44.0 Å². The fourth-order valence-corrected chi connectivity index (χ4v) is 3.52. The van der Waals surface area contributed by atoms with E-state index in [1.165, 1.54) is 24.1 Å². The highest BCUT2D eigenvalue weighted by Gasteiger charge is 2.22. The maximum atomic E-state index is 5.06. The quantitative estimate of drug-likeness (QED) is 0.872. The number of piperidine rings is 1. The number of likely N-dealkylation sites (tertiary alicyclic amines) is 1. The Hall–Kier alpha value is -1.73. The first-order chi connectivity index (χ1) is 11.6. The molecule has 132 valence electrons. The molecule has 24 heavy (non-hydrogen) atoms. The smallest absolute Gasteiger partial charge is 0.223 e. The van der Waals surface area contributed by atoms with Gasteiger partial charge >= 0.3 is 0 Å². The summed E-state index contributed by atoms with van der Waals surface area (Å²) in [6.45, 7) is 12.9. The first kappa shape index (κ1) is 17.1. The van der Waals surface area contributed by atoms with Crippen molar-refractivity contribution < 1.29 is 4.52 Å². The van der Waals surface area contributed by atoms with Crippen LogP contribution >= 0.6 is 0 Å². The zero-order valence-electron chi connectivity index (χ0n) is 15.2. The number of hydrogen-bond acceptors (Lipinski definition) is 6. The van der Waals surface area contributed by atoms with Crippen molar-refractivity contribution in [1.82, 2.24) is 30.1 Å². The topological polar surface area (TPSA) is 72.0 Å². The van der Waals surface area contributed by atoms with Gasteiger partial charge in [-0.05, 0) is 40.2 Å². The summed E-state index contributed by atoms with van der Waals surface area (Å²) in [4.78, 5) is 6.71. The molecule has 1 aliphatic rings. The van der Waals surface area contributed by atoms with Gasteiger partial charge in [0, 0.05) is 43.9 Å². The van der Waals surface area contributed by atoms with Gasteiger partial charge in [-0.15, -0.1) is 0 Å². The predicted molar refractivity (Wildman–Crippen MR) is 91.5 cm³/mol. The first-order valence-electron chi connectivity index (χ1n) is 8.84. The van der Waals surface area contributed by atoms with Crippen LogP contribution in [0.2, 0.25) is 0 Å². The highest BCUT2D eigenvalue weighted by molar-refractivity contribution is 5.24. The lowest BCUT2D eigenvalue weighted by atomic mass is 10.0. The molecule has 0 aromatic carbocycles. The normalized spacial score (nSPS) is 19.1. The average molecular weight is 332 g/mol. The van der Waals surface area contributed by atoms with E-state index >= 15 is 0 Å². The van der Waals surface area contributed by atoms with Crippen LogP contribution in [0, 0.1) is 20.8 Å². The van der Waals surface area contributed by atoms with E-state index in [9.17, 15) is 0 Å². The van der Waals surface area contributed by atoms with Gasteiger partial charge < -0.3 is 9.84 Å². The second-order valence-corrected chi connectivity index (χ2v) is 6.65. The van der Waals surface area contributed by atoms with Gasteiger partial charge in [0.05, 0.1) is 12.2 Å². The summed E-state index contributed by atoms with van der Waals surface area (Å²) in [6.07, 6.45) is 2.41. The van der Waals surface area contributed by atoms with Crippen molar-refractivity contribution in [2.45, 2.75) is 66.2 Å². The summed E-state index contributed by atoms with van der Waals surface area (Å²) >= 11 is 0. The molecule has 1 unspecified atom stereocenters. The Morgan fingerprint density at radius 1 is 1.29 bits per heavy atom. The van der Waals surface area contributed by atoms with Gasteiger partial charge in [0.25, 0.3) is 0 Å². The molecule has 0 bridgehead atoms. The van der Waals surface area contributed by atoms with Crippen LogP contribution in [-0.2, 0) is 19.6 Å². The van der Waals surface area contributed by atoms with E-state index in [2.05, 4.69) is 50.9 Å². The SMILES string of the molecule is CCn1nc(C)c(CNC2CCCN(Cc3noc(C)n3)C2)c1C. The van der Waals surface area contributed by atoms with E-state index in [0.29, 0.717) is 11.9 Å². The van der Waals surface area contributed by atoms with Crippen molar-refractivity contribution in [3.8, 4) is 0 Å². The molecule has 0 spiro atoms. The number of aromatic nitrogens is 4. The Kier molecular flexibility index (Phi) is 5.30. The zero-order chi connectivity index (χ0) is 17.1. The second-order valence-electron chi connectivity index (χ2n) is 6.65. The average Bonchev–Trinajstić information content (AvgIpc) is 3.09. The predicted octanol–water partition coefficient (Wildman–Crippen LogP) is 1.97. The largest absolute Gasteiger partial charge is 0.340 e. The summed E-state index contributed by atoms with van der Waals surface area (Å²) < 4.78 is 7.15. The summed E-state index contributed by atoms with van der Waals surface area (Å²) in [7, 11) is 0.